The number of rotatable bonds is 6. The molecule has 0 fully saturated rings. The summed E-state index contributed by atoms with van der Waals surface area (Å²) >= 11 is 0. The van der Waals surface area contributed by atoms with Gasteiger partial charge in [-0.05, 0) is 76.0 Å². The molecule has 0 saturated carbocycles. The highest BCUT2D eigenvalue weighted by atomic mass is 16.4. The second kappa shape index (κ2) is 12.9. The molecule has 5 heterocycles. The molecule has 11 rings (SSSR count). The van der Waals surface area contributed by atoms with Gasteiger partial charge in [-0.15, -0.1) is 0 Å². The number of furan rings is 1. The van der Waals surface area contributed by atoms with E-state index in [0.717, 1.165) is 82.7 Å². The minimum absolute atomic E-state index is 0.569. The van der Waals surface area contributed by atoms with E-state index in [0.29, 0.717) is 28.9 Å². The molecule has 8 nitrogen and oxygen atoms in total. The molecule has 0 saturated heterocycles. The van der Waals surface area contributed by atoms with Crippen LogP contribution >= 0.6 is 0 Å². The highest BCUT2D eigenvalue weighted by Gasteiger charge is 2.22. The predicted octanol–water partition coefficient (Wildman–Crippen LogP) is 11.9. The molecule has 0 aliphatic rings. The number of oxazole rings is 1. The van der Waals surface area contributed by atoms with E-state index >= 15 is 0 Å². The van der Waals surface area contributed by atoms with Crippen LogP contribution in [0.4, 0.5) is 0 Å². The average Bonchev–Trinajstić information content (AvgIpc) is 3.89. The van der Waals surface area contributed by atoms with Gasteiger partial charge in [-0.2, -0.15) is 0 Å². The first-order valence-electron chi connectivity index (χ1n) is 18.3. The Morgan fingerprint density at radius 3 is 1.55 bits per heavy atom. The number of pyridine rings is 2. The van der Waals surface area contributed by atoms with Gasteiger partial charge in [-0.25, -0.2) is 19.9 Å². The Morgan fingerprint density at radius 1 is 0.357 bits per heavy atom. The number of hydrogen-bond acceptors (Lipinski definition) is 8. The molecular formula is C48H28N6O2. The molecule has 0 amide bonds. The number of aromatic nitrogens is 6. The van der Waals surface area contributed by atoms with Crippen LogP contribution < -0.4 is 0 Å². The van der Waals surface area contributed by atoms with Gasteiger partial charge in [0, 0.05) is 58.0 Å². The molecule has 0 atom stereocenters. The van der Waals surface area contributed by atoms with Crippen LogP contribution in [0.3, 0.4) is 0 Å². The molecule has 6 aromatic carbocycles. The summed E-state index contributed by atoms with van der Waals surface area (Å²) in [7, 11) is 0. The maximum Gasteiger partial charge on any atom is 0.227 e. The topological polar surface area (TPSA) is 104 Å². The molecule has 0 aliphatic carbocycles. The molecule has 0 radical (unpaired) electrons. The van der Waals surface area contributed by atoms with Crippen molar-refractivity contribution < 1.29 is 8.83 Å². The highest BCUT2D eigenvalue weighted by Crippen LogP contribution is 2.44. The van der Waals surface area contributed by atoms with Crippen molar-refractivity contribution >= 4 is 43.8 Å². The Labute approximate surface area is 319 Å². The second-order valence-corrected chi connectivity index (χ2v) is 13.5. The Balaban J connectivity index is 1.04. The molecule has 0 aliphatic heterocycles. The van der Waals surface area contributed by atoms with Gasteiger partial charge in [0.05, 0.1) is 5.39 Å². The van der Waals surface area contributed by atoms with Gasteiger partial charge in [-0.1, -0.05) is 97.1 Å². The molecule has 262 valence electrons. The van der Waals surface area contributed by atoms with Gasteiger partial charge in [0.1, 0.15) is 16.7 Å². The first-order chi connectivity index (χ1) is 27.7. The second-order valence-electron chi connectivity index (χ2n) is 13.5. The summed E-state index contributed by atoms with van der Waals surface area (Å²) in [6, 6.07) is 49.1. The number of para-hydroxylation sites is 1. The van der Waals surface area contributed by atoms with E-state index in [2.05, 4.69) is 82.8 Å². The normalized spacial score (nSPS) is 11.6. The largest absolute Gasteiger partial charge is 0.456 e. The van der Waals surface area contributed by atoms with Crippen molar-refractivity contribution in [2.24, 2.45) is 0 Å². The maximum atomic E-state index is 6.62. The molecule has 0 N–H and O–H groups in total. The third-order valence-electron chi connectivity index (χ3n) is 10.2. The van der Waals surface area contributed by atoms with Crippen molar-refractivity contribution in [1.82, 2.24) is 29.9 Å². The zero-order chi connectivity index (χ0) is 37.0. The van der Waals surface area contributed by atoms with Gasteiger partial charge in [0.15, 0.2) is 23.1 Å². The van der Waals surface area contributed by atoms with E-state index in [1.165, 1.54) is 0 Å². The van der Waals surface area contributed by atoms with Gasteiger partial charge >= 0.3 is 0 Å². The van der Waals surface area contributed by atoms with Crippen LogP contribution in [0.5, 0.6) is 0 Å². The van der Waals surface area contributed by atoms with E-state index in [4.69, 9.17) is 28.8 Å². The molecule has 0 bridgehead atoms. The van der Waals surface area contributed by atoms with Crippen molar-refractivity contribution in [2.75, 3.05) is 0 Å². The first-order valence-corrected chi connectivity index (χ1v) is 18.3. The van der Waals surface area contributed by atoms with Crippen molar-refractivity contribution in [3.05, 3.63) is 170 Å². The quantitative estimate of drug-likeness (QED) is 0.167. The number of fused-ring (bicyclic) bond motifs is 6. The van der Waals surface area contributed by atoms with E-state index in [9.17, 15) is 0 Å². The highest BCUT2D eigenvalue weighted by molar-refractivity contribution is 6.21. The van der Waals surface area contributed by atoms with Crippen LogP contribution in [-0.2, 0) is 0 Å². The third kappa shape index (κ3) is 5.31. The van der Waals surface area contributed by atoms with Crippen molar-refractivity contribution in [3.63, 3.8) is 0 Å². The van der Waals surface area contributed by atoms with Gasteiger partial charge in [0.2, 0.25) is 5.89 Å². The summed E-state index contributed by atoms with van der Waals surface area (Å²) in [5.41, 5.74) is 10.7. The monoisotopic (exact) mass is 720 g/mol. The molecule has 11 aromatic rings. The van der Waals surface area contributed by atoms with Crippen LogP contribution in [0.25, 0.3) is 112 Å². The lowest BCUT2D eigenvalue weighted by atomic mass is 9.91. The maximum absolute atomic E-state index is 6.62. The lowest BCUT2D eigenvalue weighted by Crippen LogP contribution is -2.00. The molecule has 8 heteroatoms. The smallest absolute Gasteiger partial charge is 0.227 e. The Morgan fingerprint density at radius 2 is 0.893 bits per heavy atom. The lowest BCUT2D eigenvalue weighted by Gasteiger charge is -2.13. The minimum atomic E-state index is 0.569. The Kier molecular flexibility index (Phi) is 7.31. The third-order valence-corrected chi connectivity index (χ3v) is 10.2. The number of hydrogen-bond donors (Lipinski definition) is 0. The Bertz CT molecular complexity index is 3180. The van der Waals surface area contributed by atoms with E-state index in [1.54, 1.807) is 24.8 Å². The van der Waals surface area contributed by atoms with Crippen molar-refractivity contribution in [1.29, 1.82) is 0 Å². The average molecular weight is 721 g/mol. The van der Waals surface area contributed by atoms with Gasteiger partial charge in [0.25, 0.3) is 0 Å². The first kappa shape index (κ1) is 31.7. The summed E-state index contributed by atoms with van der Waals surface area (Å²) in [5, 5.41) is 4.13. The van der Waals surface area contributed by atoms with Crippen LogP contribution in [0, 0.1) is 0 Å². The molecule has 5 aromatic heterocycles. The fraction of sp³-hybridized carbons (Fsp3) is 0. The zero-order valence-electron chi connectivity index (χ0n) is 29.7. The Hall–Kier alpha value is -7.84. The van der Waals surface area contributed by atoms with Gasteiger partial charge in [-0.3, -0.25) is 9.97 Å². The minimum Gasteiger partial charge on any atom is -0.456 e. The fourth-order valence-electron chi connectivity index (χ4n) is 7.53. The number of benzene rings is 6. The molecule has 0 spiro atoms. The zero-order valence-corrected chi connectivity index (χ0v) is 29.7. The SMILES string of the molecule is c1ccc(-c2nc3c(-c4ccc(-c5ccc(-c6nc(-c7ccncc7)nc(-c7ccncc7)n6)cc5)c5ccccc45)cc4oc5ccccc5c4c3o2)cc1. The van der Waals surface area contributed by atoms with E-state index in [-0.39, 0.29) is 0 Å². The van der Waals surface area contributed by atoms with Crippen LogP contribution in [0.15, 0.2) is 179 Å². The van der Waals surface area contributed by atoms with E-state index in [1.807, 2.05) is 72.8 Å². The predicted molar refractivity (Wildman–Crippen MR) is 220 cm³/mol. The summed E-state index contributed by atoms with van der Waals surface area (Å²) < 4.78 is 13.1. The van der Waals surface area contributed by atoms with Crippen LogP contribution in [-0.4, -0.2) is 29.9 Å². The summed E-state index contributed by atoms with van der Waals surface area (Å²) in [6.45, 7) is 0. The summed E-state index contributed by atoms with van der Waals surface area (Å²) in [6.07, 6.45) is 6.96. The lowest BCUT2D eigenvalue weighted by molar-refractivity contribution is 0.622. The van der Waals surface area contributed by atoms with Crippen molar-refractivity contribution in [3.8, 4) is 67.9 Å². The van der Waals surface area contributed by atoms with Crippen LogP contribution in [0.2, 0.25) is 0 Å². The standard InChI is InChI=1S/C48H28N6O2/c1-2-8-33(9-3-1)48-51-43-39(28-41-42(44(43)56-48)38-12-6-7-13-40(38)55-41)37-19-18-34(35-10-4-5-11-36(35)37)29-14-16-30(17-15-29)45-52-46(31-20-24-49-25-21-31)54-47(53-45)32-22-26-50-27-23-32/h1-28H. The fourth-order valence-corrected chi connectivity index (χ4v) is 7.53. The summed E-state index contributed by atoms with van der Waals surface area (Å²) in [4.78, 5) is 28.1. The molecular weight excluding hydrogens is 693 g/mol. The molecule has 0 unspecified atom stereocenters. The van der Waals surface area contributed by atoms with E-state index < -0.39 is 0 Å². The van der Waals surface area contributed by atoms with Gasteiger partial charge < -0.3 is 8.83 Å². The number of nitrogens with zero attached hydrogens (tertiary/aromatic N) is 6. The summed E-state index contributed by atoms with van der Waals surface area (Å²) in [5.74, 6) is 2.30. The van der Waals surface area contributed by atoms with Crippen LogP contribution in [0.1, 0.15) is 0 Å². The van der Waals surface area contributed by atoms with Crippen molar-refractivity contribution in [2.45, 2.75) is 0 Å². The molecule has 56 heavy (non-hydrogen) atoms.